The number of nitrogens with two attached hydrogens (primary N) is 1. The van der Waals surface area contributed by atoms with Gasteiger partial charge in [-0.3, -0.25) is 13.6 Å². The molecule has 0 spiro atoms. The third kappa shape index (κ3) is 7.38. The van der Waals surface area contributed by atoms with Crippen molar-refractivity contribution in [3.8, 4) is 6.07 Å². The molecule has 2 aromatic heterocycles. The van der Waals surface area contributed by atoms with Crippen LogP contribution in [-0.4, -0.2) is 96.7 Å². The number of aliphatic hydroxyl groups excluding tert-OH is 2. The summed E-state index contributed by atoms with van der Waals surface area (Å²) in [4.78, 5) is 25.9. The number of anilines is 1. The summed E-state index contributed by atoms with van der Waals surface area (Å²) in [6.45, 7) is 3.16. The third-order valence-corrected chi connectivity index (χ3v) is 7.98. The van der Waals surface area contributed by atoms with Gasteiger partial charge in [0, 0.05) is 3.57 Å². The first-order chi connectivity index (χ1) is 19.4. The Morgan fingerprint density at radius 1 is 1.17 bits per heavy atom. The zero-order valence-corrected chi connectivity index (χ0v) is 25.7. The minimum atomic E-state index is -4.71. The number of aromatic nitrogens is 3. The summed E-state index contributed by atoms with van der Waals surface area (Å²) in [5.41, 5.74) is 1.02. The van der Waals surface area contributed by atoms with Gasteiger partial charge in [-0.15, -0.1) is 0 Å². The van der Waals surface area contributed by atoms with Crippen LogP contribution in [0.1, 0.15) is 33.4 Å². The summed E-state index contributed by atoms with van der Waals surface area (Å²) in [5.74, 6) is 0.0847. The first-order valence-corrected chi connectivity index (χ1v) is 14.5. The molecule has 42 heavy (non-hydrogen) atoms. The SMILES string of the molecule is CC(C)(COP(=O)(OC[C@H]1O[C@@](C#N)(c2cc(I)c3c(N)ncnn23)[C@H](O)[C@@H]1O)OCC(C)(C)OC(=O)O)OC(=O)O. The minimum Gasteiger partial charge on any atom is -0.450 e. The molecule has 0 aliphatic carbocycles. The average molecular weight is 729 g/mol. The number of fused-ring (bicyclic) bond motifs is 1. The summed E-state index contributed by atoms with van der Waals surface area (Å²) in [6.07, 6.45) is -7.26. The molecule has 0 radical (unpaired) electrons. The number of ether oxygens (including phenoxy) is 3. The van der Waals surface area contributed by atoms with Crippen LogP contribution >= 0.6 is 30.4 Å². The van der Waals surface area contributed by atoms with E-state index in [4.69, 9.17) is 34.3 Å². The van der Waals surface area contributed by atoms with Gasteiger partial charge in [0.05, 0.1) is 25.5 Å². The number of hydrogen-bond donors (Lipinski definition) is 5. The predicted molar refractivity (Wildman–Crippen MR) is 146 cm³/mol. The lowest BCUT2D eigenvalue weighted by molar-refractivity contribution is -0.0733. The Balaban J connectivity index is 1.86. The van der Waals surface area contributed by atoms with Crippen LogP contribution in [0, 0.1) is 14.9 Å². The second-order valence-electron chi connectivity index (χ2n) is 10.3. The maximum Gasteiger partial charge on any atom is 0.506 e. The molecule has 1 aliphatic heterocycles. The van der Waals surface area contributed by atoms with Crippen LogP contribution in [0.4, 0.5) is 15.4 Å². The minimum absolute atomic E-state index is 0.0170. The molecule has 2 aromatic rings. The van der Waals surface area contributed by atoms with Gasteiger partial charge in [0.2, 0.25) is 5.60 Å². The van der Waals surface area contributed by atoms with E-state index < -0.39 is 75.1 Å². The lowest BCUT2D eigenvalue weighted by atomic mass is 9.92. The number of hydrogen-bond acceptors (Lipinski definition) is 15. The number of aliphatic hydroxyl groups is 2. The summed E-state index contributed by atoms with van der Waals surface area (Å²) >= 11 is 1.93. The second-order valence-corrected chi connectivity index (χ2v) is 13.1. The predicted octanol–water partition coefficient (Wildman–Crippen LogP) is 1.86. The highest BCUT2D eigenvalue weighted by molar-refractivity contribution is 14.1. The van der Waals surface area contributed by atoms with Gasteiger partial charge in [0.15, 0.2) is 5.82 Å². The second kappa shape index (κ2) is 12.4. The molecule has 1 fully saturated rings. The fraction of sp³-hybridized carbons (Fsp3) is 0.591. The molecule has 0 amide bonds. The zero-order valence-electron chi connectivity index (χ0n) is 22.7. The average Bonchev–Trinajstić information content (AvgIpc) is 3.34. The maximum atomic E-state index is 13.6. The van der Waals surface area contributed by atoms with Crippen molar-refractivity contribution < 1.29 is 62.4 Å². The molecule has 1 saturated heterocycles. The van der Waals surface area contributed by atoms with Crippen LogP contribution in [-0.2, 0) is 37.9 Å². The molecule has 3 rings (SSSR count). The number of halogens is 1. The largest absolute Gasteiger partial charge is 0.506 e. The number of carbonyl (C=O) groups is 2. The molecule has 3 heterocycles. The summed E-state index contributed by atoms with van der Waals surface area (Å²) < 4.78 is 46.4. The molecule has 232 valence electrons. The van der Waals surface area contributed by atoms with E-state index in [1.54, 1.807) is 0 Å². The first kappa shape index (κ1) is 33.7. The smallest absolute Gasteiger partial charge is 0.450 e. The highest BCUT2D eigenvalue weighted by Crippen LogP contribution is 2.52. The van der Waals surface area contributed by atoms with Gasteiger partial charge in [0.25, 0.3) is 0 Å². The van der Waals surface area contributed by atoms with E-state index in [0.717, 1.165) is 6.33 Å². The molecule has 6 N–H and O–H groups in total. The fourth-order valence-electron chi connectivity index (χ4n) is 3.88. The fourth-order valence-corrected chi connectivity index (χ4v) is 6.17. The van der Waals surface area contributed by atoms with E-state index in [-0.39, 0.29) is 11.5 Å². The highest BCUT2D eigenvalue weighted by atomic mass is 127. The topological polar surface area (TPSA) is 268 Å². The lowest BCUT2D eigenvalue weighted by Crippen LogP contribution is -2.41. The molecule has 0 unspecified atom stereocenters. The van der Waals surface area contributed by atoms with E-state index in [2.05, 4.69) is 19.6 Å². The summed E-state index contributed by atoms with van der Waals surface area (Å²) in [6, 6.07) is 3.33. The zero-order chi connectivity index (χ0) is 31.7. The van der Waals surface area contributed by atoms with Crippen molar-refractivity contribution in [2.24, 2.45) is 0 Å². The number of nitriles is 1. The molecule has 20 heteroatoms. The third-order valence-electron chi connectivity index (χ3n) is 5.81. The van der Waals surface area contributed by atoms with E-state index >= 15 is 0 Å². The molecule has 18 nitrogen and oxygen atoms in total. The number of nitrogen functional groups attached to an aromatic ring is 1. The van der Waals surface area contributed by atoms with E-state index in [1.165, 1.54) is 38.3 Å². The number of rotatable bonds is 12. The van der Waals surface area contributed by atoms with Crippen molar-refractivity contribution in [3.05, 3.63) is 21.7 Å². The van der Waals surface area contributed by atoms with Gasteiger partial charge < -0.3 is 40.4 Å². The Morgan fingerprint density at radius 3 is 2.21 bits per heavy atom. The number of phosphoric ester groups is 1. The van der Waals surface area contributed by atoms with Gasteiger partial charge in [-0.25, -0.2) is 23.7 Å². The van der Waals surface area contributed by atoms with Crippen LogP contribution in [0.15, 0.2) is 12.4 Å². The quantitative estimate of drug-likeness (QED) is 0.118. The number of carboxylic acid groups (broad SMARTS) is 2. The molecule has 0 aromatic carbocycles. The maximum absolute atomic E-state index is 13.6. The van der Waals surface area contributed by atoms with Crippen molar-refractivity contribution in [3.63, 3.8) is 0 Å². The molecule has 4 atom stereocenters. The Kier molecular flexibility index (Phi) is 9.95. The molecule has 1 aliphatic rings. The Bertz CT molecular complexity index is 1390. The normalized spacial score (nSPS) is 23.0. The van der Waals surface area contributed by atoms with E-state index in [0.29, 0.717) is 9.09 Å². The van der Waals surface area contributed by atoms with Crippen LogP contribution in [0.2, 0.25) is 0 Å². The van der Waals surface area contributed by atoms with Crippen LogP contribution in [0.5, 0.6) is 0 Å². The van der Waals surface area contributed by atoms with Crippen molar-refractivity contribution in [1.82, 2.24) is 14.6 Å². The van der Waals surface area contributed by atoms with Crippen molar-refractivity contribution in [1.29, 1.82) is 5.26 Å². The number of nitrogens with zero attached hydrogens (tertiary/aromatic N) is 4. The molecule has 0 saturated carbocycles. The van der Waals surface area contributed by atoms with Gasteiger partial charge in [-0.2, -0.15) is 10.4 Å². The van der Waals surface area contributed by atoms with Crippen LogP contribution < -0.4 is 5.73 Å². The lowest BCUT2D eigenvalue weighted by Gasteiger charge is -2.29. The van der Waals surface area contributed by atoms with Gasteiger partial charge in [-0.1, -0.05) is 0 Å². The summed E-state index contributed by atoms with van der Waals surface area (Å²) in [5, 5.41) is 53.9. The van der Waals surface area contributed by atoms with Gasteiger partial charge in [-0.05, 0) is 56.4 Å². The van der Waals surface area contributed by atoms with Gasteiger partial charge >= 0.3 is 20.1 Å². The Hall–Kier alpha value is -2.83. The van der Waals surface area contributed by atoms with Crippen LogP contribution in [0.3, 0.4) is 0 Å². The highest BCUT2D eigenvalue weighted by Gasteiger charge is 2.58. The van der Waals surface area contributed by atoms with Crippen molar-refractivity contribution in [2.75, 3.05) is 25.6 Å². The van der Waals surface area contributed by atoms with Crippen LogP contribution in [0.25, 0.3) is 5.52 Å². The van der Waals surface area contributed by atoms with Crippen molar-refractivity contribution in [2.45, 2.75) is 62.8 Å². The monoisotopic (exact) mass is 729 g/mol. The standard InChI is InChI=1S/C22H29IN5O13P/c1-20(2,40-18(31)32)8-37-42(35,38-9-21(3,4)41-19(33)34)36-6-12-15(29)16(30)22(7-24,39-12)13-5-11(23)14-17(25)26-10-27-28(13)14/h5,10,12,15-16,29-30H,6,8-9H2,1-4H3,(H,31,32)(H,33,34)(H2,25,26,27)/t12-,15-,16-,22+/m1/s1. The van der Waals surface area contributed by atoms with Gasteiger partial charge in [0.1, 0.15) is 47.4 Å². The Labute approximate surface area is 252 Å². The molecule has 0 bridgehead atoms. The Morgan fingerprint density at radius 2 is 1.71 bits per heavy atom. The first-order valence-electron chi connectivity index (χ1n) is 12.0. The summed E-state index contributed by atoms with van der Waals surface area (Å²) in [7, 11) is -4.71. The molecular weight excluding hydrogens is 700 g/mol. The number of phosphoric acid groups is 1. The molecular formula is C22H29IN5O13P. The van der Waals surface area contributed by atoms with E-state index in [9.17, 15) is 29.6 Å². The van der Waals surface area contributed by atoms with Crippen molar-refractivity contribution >= 4 is 54.1 Å². The van der Waals surface area contributed by atoms with E-state index in [1.807, 2.05) is 28.7 Å².